The van der Waals surface area contributed by atoms with Crippen molar-refractivity contribution >= 4 is 28.4 Å². The highest BCUT2D eigenvalue weighted by atomic mass is 35.5. The van der Waals surface area contributed by atoms with E-state index in [2.05, 4.69) is 25.1 Å². The molecule has 9 nitrogen and oxygen atoms in total. The van der Waals surface area contributed by atoms with Gasteiger partial charge in [-0.3, -0.25) is 0 Å². The SMILES string of the molecule is Nc1nonc1-c1noc(-c2cc3cc(Cl)ccc3oc2=O)n1. The van der Waals surface area contributed by atoms with Gasteiger partial charge in [-0.05, 0) is 34.6 Å². The summed E-state index contributed by atoms with van der Waals surface area (Å²) in [5.74, 6) is 0.0112. The number of nitrogens with zero attached hydrogens (tertiary/aromatic N) is 4. The maximum absolute atomic E-state index is 12.1. The molecular weight excluding hydrogens is 326 g/mol. The summed E-state index contributed by atoms with van der Waals surface area (Å²) in [6, 6.07) is 6.43. The predicted octanol–water partition coefficient (Wildman–Crippen LogP) is 2.13. The van der Waals surface area contributed by atoms with Crippen molar-refractivity contribution in [3.05, 3.63) is 39.7 Å². The first-order chi connectivity index (χ1) is 11.1. The maximum atomic E-state index is 12.1. The van der Waals surface area contributed by atoms with Crippen molar-refractivity contribution in [2.75, 3.05) is 5.73 Å². The first kappa shape index (κ1) is 13.5. The largest absolute Gasteiger partial charge is 0.422 e. The van der Waals surface area contributed by atoms with Gasteiger partial charge in [0.05, 0.1) is 0 Å². The Labute approximate surface area is 131 Å². The molecule has 0 amide bonds. The number of nitrogen functional groups attached to an aromatic ring is 1. The number of hydrogen-bond donors (Lipinski definition) is 1. The zero-order chi connectivity index (χ0) is 16.0. The quantitative estimate of drug-likeness (QED) is 0.548. The van der Waals surface area contributed by atoms with Crippen LogP contribution in [0.3, 0.4) is 0 Å². The van der Waals surface area contributed by atoms with Crippen LogP contribution in [0.15, 0.2) is 42.6 Å². The van der Waals surface area contributed by atoms with Crippen molar-refractivity contribution in [1.82, 2.24) is 20.5 Å². The van der Waals surface area contributed by atoms with E-state index in [0.717, 1.165) is 0 Å². The van der Waals surface area contributed by atoms with Gasteiger partial charge in [-0.25, -0.2) is 9.42 Å². The Kier molecular flexibility index (Phi) is 2.88. The summed E-state index contributed by atoms with van der Waals surface area (Å²) in [5.41, 5.74) is 5.54. The lowest BCUT2D eigenvalue weighted by molar-refractivity contribution is 0.310. The van der Waals surface area contributed by atoms with Gasteiger partial charge in [-0.1, -0.05) is 16.8 Å². The van der Waals surface area contributed by atoms with E-state index in [1.807, 2.05) is 0 Å². The lowest BCUT2D eigenvalue weighted by Gasteiger charge is -1.98. The Morgan fingerprint density at radius 2 is 2.00 bits per heavy atom. The fourth-order valence-electron chi connectivity index (χ4n) is 2.02. The van der Waals surface area contributed by atoms with Gasteiger partial charge in [0.1, 0.15) is 11.1 Å². The average Bonchev–Trinajstić information content (AvgIpc) is 3.15. The number of nitrogens with two attached hydrogens (primary N) is 1. The van der Waals surface area contributed by atoms with Crippen LogP contribution in [0.5, 0.6) is 0 Å². The second kappa shape index (κ2) is 4.92. The smallest absolute Gasteiger partial charge is 0.349 e. The van der Waals surface area contributed by atoms with Crippen LogP contribution in [0.4, 0.5) is 5.82 Å². The zero-order valence-corrected chi connectivity index (χ0v) is 11.9. The minimum atomic E-state index is -0.624. The molecule has 3 aromatic heterocycles. The Balaban J connectivity index is 1.86. The van der Waals surface area contributed by atoms with Crippen LogP contribution in [0.1, 0.15) is 0 Å². The van der Waals surface area contributed by atoms with Gasteiger partial charge < -0.3 is 14.7 Å². The molecule has 0 unspecified atom stereocenters. The van der Waals surface area contributed by atoms with E-state index in [0.29, 0.717) is 16.0 Å². The van der Waals surface area contributed by atoms with Gasteiger partial charge in [-0.2, -0.15) is 4.98 Å². The summed E-state index contributed by atoms with van der Waals surface area (Å²) in [4.78, 5) is 16.1. The van der Waals surface area contributed by atoms with E-state index < -0.39 is 5.63 Å². The van der Waals surface area contributed by atoms with E-state index in [4.69, 9.17) is 26.3 Å². The van der Waals surface area contributed by atoms with E-state index in [1.165, 1.54) is 0 Å². The molecule has 4 rings (SSSR count). The molecule has 1 aromatic carbocycles. The standard InChI is InChI=1S/C13H6ClN5O4/c14-6-1-2-8-5(3-6)4-7(13(20)21-8)12-16-11(19-22-12)9-10(15)18-23-17-9/h1-4H,(H2,15,18). The van der Waals surface area contributed by atoms with Crippen molar-refractivity contribution in [3.8, 4) is 23.0 Å². The number of benzene rings is 1. The Morgan fingerprint density at radius 1 is 1.13 bits per heavy atom. The molecule has 0 aliphatic heterocycles. The first-order valence-electron chi connectivity index (χ1n) is 6.28. The fourth-order valence-corrected chi connectivity index (χ4v) is 2.20. The van der Waals surface area contributed by atoms with Gasteiger partial charge in [-0.15, -0.1) is 0 Å². The van der Waals surface area contributed by atoms with Crippen molar-refractivity contribution in [2.24, 2.45) is 0 Å². The summed E-state index contributed by atoms with van der Waals surface area (Å²) >= 11 is 5.94. The van der Waals surface area contributed by atoms with E-state index in [-0.39, 0.29) is 28.8 Å². The van der Waals surface area contributed by atoms with Crippen LogP contribution in [-0.4, -0.2) is 20.5 Å². The molecule has 3 heterocycles. The van der Waals surface area contributed by atoms with E-state index in [1.54, 1.807) is 24.3 Å². The third-order valence-corrected chi connectivity index (χ3v) is 3.31. The van der Waals surface area contributed by atoms with Crippen molar-refractivity contribution in [3.63, 3.8) is 0 Å². The lowest BCUT2D eigenvalue weighted by Crippen LogP contribution is -2.02. The van der Waals surface area contributed by atoms with E-state index in [9.17, 15) is 4.79 Å². The molecule has 0 radical (unpaired) electrons. The molecule has 10 heteroatoms. The molecule has 0 atom stereocenters. The molecule has 0 spiro atoms. The summed E-state index contributed by atoms with van der Waals surface area (Å²) in [6.07, 6.45) is 0. The third-order valence-electron chi connectivity index (χ3n) is 3.08. The zero-order valence-electron chi connectivity index (χ0n) is 11.2. The highest BCUT2D eigenvalue weighted by Crippen LogP contribution is 2.25. The summed E-state index contributed by atoms with van der Waals surface area (Å²) in [7, 11) is 0. The molecule has 2 N–H and O–H groups in total. The monoisotopic (exact) mass is 331 g/mol. The van der Waals surface area contributed by atoms with Crippen LogP contribution in [0, 0.1) is 0 Å². The van der Waals surface area contributed by atoms with Crippen LogP contribution in [0.2, 0.25) is 5.02 Å². The van der Waals surface area contributed by atoms with Gasteiger partial charge in [0, 0.05) is 10.4 Å². The van der Waals surface area contributed by atoms with Gasteiger partial charge >= 0.3 is 5.63 Å². The number of fused-ring (bicyclic) bond motifs is 1. The molecule has 0 saturated heterocycles. The van der Waals surface area contributed by atoms with Crippen LogP contribution in [0.25, 0.3) is 33.9 Å². The normalized spacial score (nSPS) is 11.2. The van der Waals surface area contributed by atoms with Crippen LogP contribution >= 0.6 is 11.6 Å². The second-order valence-corrected chi connectivity index (χ2v) is 4.99. The molecule has 0 aliphatic rings. The molecular formula is C13H6ClN5O4. The van der Waals surface area contributed by atoms with Crippen LogP contribution < -0.4 is 11.4 Å². The van der Waals surface area contributed by atoms with Gasteiger partial charge in [0.25, 0.3) is 5.89 Å². The van der Waals surface area contributed by atoms with Crippen molar-refractivity contribution in [2.45, 2.75) is 0 Å². The first-order valence-corrected chi connectivity index (χ1v) is 6.65. The molecule has 0 aliphatic carbocycles. The highest BCUT2D eigenvalue weighted by molar-refractivity contribution is 6.31. The van der Waals surface area contributed by atoms with Crippen molar-refractivity contribution in [1.29, 1.82) is 0 Å². The van der Waals surface area contributed by atoms with Crippen LogP contribution in [-0.2, 0) is 0 Å². The Hall–Kier alpha value is -3.20. The highest BCUT2D eigenvalue weighted by Gasteiger charge is 2.20. The topological polar surface area (TPSA) is 134 Å². The molecule has 4 aromatic rings. The molecule has 114 valence electrons. The minimum Gasteiger partial charge on any atom is -0.422 e. The lowest BCUT2D eigenvalue weighted by atomic mass is 10.2. The number of anilines is 1. The fraction of sp³-hybridized carbons (Fsp3) is 0. The summed E-state index contributed by atoms with van der Waals surface area (Å²) in [6.45, 7) is 0. The Morgan fingerprint density at radius 3 is 2.78 bits per heavy atom. The summed E-state index contributed by atoms with van der Waals surface area (Å²) in [5, 5.41) is 11.8. The predicted molar refractivity (Wildman–Crippen MR) is 78.5 cm³/mol. The Bertz CT molecular complexity index is 1080. The van der Waals surface area contributed by atoms with Crippen molar-refractivity contribution < 1.29 is 13.6 Å². The molecule has 23 heavy (non-hydrogen) atoms. The number of halogens is 1. The second-order valence-electron chi connectivity index (χ2n) is 4.55. The number of hydrogen-bond acceptors (Lipinski definition) is 9. The molecule has 0 fully saturated rings. The maximum Gasteiger partial charge on any atom is 0.349 e. The minimum absolute atomic E-state index is 0.00896. The summed E-state index contributed by atoms with van der Waals surface area (Å²) < 4.78 is 14.8. The number of aromatic nitrogens is 4. The number of rotatable bonds is 2. The molecule has 0 saturated carbocycles. The molecule has 0 bridgehead atoms. The average molecular weight is 332 g/mol. The van der Waals surface area contributed by atoms with E-state index >= 15 is 0 Å². The van der Waals surface area contributed by atoms with Gasteiger partial charge in [0.2, 0.25) is 5.82 Å². The van der Waals surface area contributed by atoms with Gasteiger partial charge in [0.15, 0.2) is 11.5 Å². The third kappa shape index (κ3) is 2.23.